The highest BCUT2D eigenvalue weighted by molar-refractivity contribution is 9.10. The molecule has 1 aliphatic rings. The van der Waals surface area contributed by atoms with Crippen LogP contribution in [0.4, 0.5) is 5.69 Å². The number of carbonyl (C=O) groups excluding carboxylic acids is 1. The lowest BCUT2D eigenvalue weighted by atomic mass is 10.1. The number of carbonyl (C=O) groups is 1. The van der Waals surface area contributed by atoms with Crippen LogP contribution in [-0.2, 0) is 6.54 Å². The molecule has 4 rings (SSSR count). The zero-order valence-electron chi connectivity index (χ0n) is 15.3. The second kappa shape index (κ2) is 7.79. The number of likely N-dealkylation sites (tertiary alicyclic amines) is 1. The molecule has 4 nitrogen and oxygen atoms in total. The minimum Gasteiger partial charge on any atom is -0.322 e. The molecule has 0 aliphatic carbocycles. The summed E-state index contributed by atoms with van der Waals surface area (Å²) in [5.74, 6) is -0.115. The summed E-state index contributed by atoms with van der Waals surface area (Å²) < 4.78 is 0.954. The number of aryl methyl sites for hydroxylation is 1. The van der Waals surface area contributed by atoms with Crippen molar-refractivity contribution in [3.8, 4) is 0 Å². The summed E-state index contributed by atoms with van der Waals surface area (Å²) in [6.07, 6.45) is 4.54. The highest BCUT2D eigenvalue weighted by Crippen LogP contribution is 2.24. The number of fused-ring (bicyclic) bond motifs is 1. The van der Waals surface area contributed by atoms with Crippen LogP contribution in [0.25, 0.3) is 10.9 Å². The van der Waals surface area contributed by atoms with Crippen LogP contribution in [0.3, 0.4) is 0 Å². The van der Waals surface area contributed by atoms with E-state index in [4.69, 9.17) is 0 Å². The van der Waals surface area contributed by atoms with Crippen LogP contribution in [0.15, 0.2) is 53.1 Å². The molecule has 0 unspecified atom stereocenters. The largest absolute Gasteiger partial charge is 0.322 e. The first-order valence-corrected chi connectivity index (χ1v) is 10.1. The van der Waals surface area contributed by atoms with E-state index >= 15 is 0 Å². The van der Waals surface area contributed by atoms with Gasteiger partial charge in [-0.25, -0.2) is 0 Å². The number of aromatic nitrogens is 1. The molecule has 1 amide bonds. The van der Waals surface area contributed by atoms with Gasteiger partial charge in [-0.3, -0.25) is 14.7 Å². The van der Waals surface area contributed by atoms with E-state index < -0.39 is 0 Å². The number of benzene rings is 2. The molecule has 0 radical (unpaired) electrons. The summed E-state index contributed by atoms with van der Waals surface area (Å²) in [7, 11) is 0. The van der Waals surface area contributed by atoms with E-state index in [2.05, 4.69) is 43.3 Å². The standard InChI is InChI=1S/C22H22BrN3O/c1-15-10-18-11-16(14-26-8-2-3-9-26)13-24-21(18)12-20(15)25-22(27)17-4-6-19(23)7-5-17/h4-7,10-13H,2-3,8-9,14H2,1H3,(H,25,27). The third-order valence-corrected chi connectivity index (χ3v) is 5.57. The van der Waals surface area contributed by atoms with Crippen molar-refractivity contribution in [3.63, 3.8) is 0 Å². The number of pyridine rings is 1. The molecule has 0 atom stereocenters. The first kappa shape index (κ1) is 18.1. The molecule has 0 spiro atoms. The van der Waals surface area contributed by atoms with E-state index in [0.717, 1.165) is 33.2 Å². The molecular formula is C22H22BrN3O. The van der Waals surface area contributed by atoms with Crippen molar-refractivity contribution in [2.45, 2.75) is 26.3 Å². The first-order chi connectivity index (χ1) is 13.1. The molecule has 138 valence electrons. The molecule has 27 heavy (non-hydrogen) atoms. The van der Waals surface area contributed by atoms with Gasteiger partial charge in [-0.05, 0) is 86.4 Å². The topological polar surface area (TPSA) is 45.2 Å². The minimum atomic E-state index is -0.115. The second-order valence-corrected chi connectivity index (χ2v) is 8.06. The number of nitrogens with zero attached hydrogens (tertiary/aromatic N) is 2. The highest BCUT2D eigenvalue weighted by Gasteiger charge is 2.13. The number of halogens is 1. The lowest BCUT2D eigenvalue weighted by Gasteiger charge is -2.15. The SMILES string of the molecule is Cc1cc2cc(CN3CCCC3)cnc2cc1NC(=O)c1ccc(Br)cc1. The molecule has 1 N–H and O–H groups in total. The molecular weight excluding hydrogens is 402 g/mol. The van der Waals surface area contributed by atoms with Crippen LogP contribution in [0, 0.1) is 6.92 Å². The van der Waals surface area contributed by atoms with Gasteiger partial charge in [0, 0.05) is 33.9 Å². The average Bonchev–Trinajstić information content (AvgIpc) is 3.16. The van der Waals surface area contributed by atoms with E-state index in [1.54, 1.807) is 12.1 Å². The van der Waals surface area contributed by atoms with Crippen LogP contribution in [0.5, 0.6) is 0 Å². The van der Waals surface area contributed by atoms with E-state index in [0.29, 0.717) is 5.56 Å². The number of amides is 1. The third kappa shape index (κ3) is 4.20. The van der Waals surface area contributed by atoms with E-state index in [1.807, 2.05) is 31.3 Å². The smallest absolute Gasteiger partial charge is 0.255 e. The normalized spacial score (nSPS) is 14.6. The Balaban J connectivity index is 1.55. The van der Waals surface area contributed by atoms with Crippen LogP contribution in [-0.4, -0.2) is 28.9 Å². The third-order valence-electron chi connectivity index (χ3n) is 5.04. The van der Waals surface area contributed by atoms with E-state index in [9.17, 15) is 4.79 Å². The Labute approximate surface area is 167 Å². The van der Waals surface area contributed by atoms with E-state index in [1.165, 1.54) is 31.5 Å². The lowest BCUT2D eigenvalue weighted by molar-refractivity contribution is 0.102. The summed E-state index contributed by atoms with van der Waals surface area (Å²) in [5.41, 5.74) is 4.61. The van der Waals surface area contributed by atoms with E-state index in [-0.39, 0.29) is 5.91 Å². The Morgan fingerprint density at radius 2 is 1.89 bits per heavy atom. The lowest BCUT2D eigenvalue weighted by Crippen LogP contribution is -2.18. The quantitative estimate of drug-likeness (QED) is 0.630. The number of anilines is 1. The molecule has 0 saturated carbocycles. The number of nitrogens with one attached hydrogen (secondary N) is 1. The monoisotopic (exact) mass is 423 g/mol. The Morgan fingerprint density at radius 3 is 2.63 bits per heavy atom. The fraction of sp³-hybridized carbons (Fsp3) is 0.273. The summed E-state index contributed by atoms with van der Waals surface area (Å²) in [6.45, 7) is 5.34. The van der Waals surface area contributed by atoms with Gasteiger partial charge in [-0.1, -0.05) is 15.9 Å². The zero-order valence-corrected chi connectivity index (χ0v) is 16.9. The van der Waals surface area contributed by atoms with Gasteiger partial charge in [0.05, 0.1) is 5.52 Å². The van der Waals surface area contributed by atoms with Gasteiger partial charge in [-0.2, -0.15) is 0 Å². The molecule has 2 heterocycles. The van der Waals surface area contributed by atoms with Crippen LogP contribution in [0.2, 0.25) is 0 Å². The molecule has 1 aliphatic heterocycles. The van der Waals surface area contributed by atoms with Crippen LogP contribution in [0.1, 0.15) is 34.3 Å². The van der Waals surface area contributed by atoms with Gasteiger partial charge in [0.1, 0.15) is 0 Å². The first-order valence-electron chi connectivity index (χ1n) is 9.27. The maximum Gasteiger partial charge on any atom is 0.255 e. The van der Waals surface area contributed by atoms with Crippen molar-refractivity contribution >= 4 is 38.4 Å². The Hall–Kier alpha value is -2.24. The van der Waals surface area contributed by atoms with Crippen molar-refractivity contribution in [1.29, 1.82) is 0 Å². The highest BCUT2D eigenvalue weighted by atomic mass is 79.9. The van der Waals surface area contributed by atoms with Gasteiger partial charge >= 0.3 is 0 Å². The fourth-order valence-corrected chi connectivity index (χ4v) is 3.82. The minimum absolute atomic E-state index is 0.115. The fourth-order valence-electron chi connectivity index (χ4n) is 3.55. The molecule has 1 aromatic heterocycles. The molecule has 3 aromatic rings. The van der Waals surface area contributed by atoms with Crippen molar-refractivity contribution in [1.82, 2.24) is 9.88 Å². The summed E-state index contributed by atoms with van der Waals surface area (Å²) in [6, 6.07) is 13.6. The van der Waals surface area contributed by atoms with Gasteiger partial charge in [0.15, 0.2) is 0 Å². The number of hydrogen-bond acceptors (Lipinski definition) is 3. The maximum absolute atomic E-state index is 12.5. The maximum atomic E-state index is 12.5. The van der Waals surface area contributed by atoms with Gasteiger partial charge in [0.2, 0.25) is 0 Å². The summed E-state index contributed by atoms with van der Waals surface area (Å²) in [4.78, 5) is 19.6. The number of rotatable bonds is 4. The summed E-state index contributed by atoms with van der Waals surface area (Å²) in [5, 5.41) is 4.13. The van der Waals surface area contributed by atoms with Crippen LogP contribution >= 0.6 is 15.9 Å². The van der Waals surface area contributed by atoms with Crippen molar-refractivity contribution in [2.75, 3.05) is 18.4 Å². The Morgan fingerprint density at radius 1 is 1.15 bits per heavy atom. The van der Waals surface area contributed by atoms with Gasteiger partial charge in [0.25, 0.3) is 5.91 Å². The van der Waals surface area contributed by atoms with Crippen molar-refractivity contribution < 1.29 is 4.79 Å². The number of hydrogen-bond donors (Lipinski definition) is 1. The second-order valence-electron chi connectivity index (χ2n) is 7.15. The molecule has 1 fully saturated rings. The average molecular weight is 424 g/mol. The van der Waals surface area contributed by atoms with Crippen molar-refractivity contribution in [3.05, 3.63) is 69.8 Å². The molecule has 5 heteroatoms. The van der Waals surface area contributed by atoms with Crippen LogP contribution < -0.4 is 5.32 Å². The predicted molar refractivity (Wildman–Crippen MR) is 113 cm³/mol. The zero-order chi connectivity index (χ0) is 18.8. The summed E-state index contributed by atoms with van der Waals surface area (Å²) >= 11 is 3.39. The molecule has 2 aromatic carbocycles. The molecule has 1 saturated heterocycles. The van der Waals surface area contributed by atoms with Crippen molar-refractivity contribution in [2.24, 2.45) is 0 Å². The molecule has 0 bridgehead atoms. The Kier molecular flexibility index (Phi) is 5.23. The Bertz CT molecular complexity index is 979. The van der Waals surface area contributed by atoms with Gasteiger partial charge < -0.3 is 5.32 Å². The van der Waals surface area contributed by atoms with Gasteiger partial charge in [-0.15, -0.1) is 0 Å². The predicted octanol–water partition coefficient (Wildman–Crippen LogP) is 5.15.